The van der Waals surface area contributed by atoms with Gasteiger partial charge in [0.15, 0.2) is 11.5 Å². The Bertz CT molecular complexity index is 634. The number of hydrogen-bond donors (Lipinski definition) is 1. The van der Waals surface area contributed by atoms with E-state index in [1.807, 2.05) is 0 Å². The van der Waals surface area contributed by atoms with Crippen molar-refractivity contribution in [1.82, 2.24) is 14.8 Å². The third-order valence-corrected chi connectivity index (χ3v) is 2.34. The molecule has 5 nitrogen and oxygen atoms in total. The Balaban J connectivity index is 2.55. The zero-order valence-corrected chi connectivity index (χ0v) is 9.64. The third-order valence-electron chi connectivity index (χ3n) is 2.34. The molecule has 8 heteroatoms. The lowest BCUT2D eigenvalue weighted by Gasteiger charge is -2.06. The van der Waals surface area contributed by atoms with Crippen LogP contribution in [0, 0.1) is 6.92 Å². The third kappa shape index (κ3) is 2.56. The summed E-state index contributed by atoms with van der Waals surface area (Å²) in [4.78, 5) is 14.9. The molecule has 0 aliphatic rings. The van der Waals surface area contributed by atoms with Crippen LogP contribution >= 0.6 is 0 Å². The number of nitrogens with zero attached hydrogens (tertiary/aromatic N) is 3. The number of carboxylic acid groups (broad SMARTS) is 1. The first kappa shape index (κ1) is 13.1. The number of pyridine rings is 1. The van der Waals surface area contributed by atoms with Crippen molar-refractivity contribution in [3.63, 3.8) is 0 Å². The monoisotopic (exact) mass is 271 g/mol. The van der Waals surface area contributed by atoms with Crippen LogP contribution in [0.25, 0.3) is 5.82 Å². The van der Waals surface area contributed by atoms with E-state index in [1.165, 1.54) is 12.1 Å². The molecular weight excluding hydrogens is 263 g/mol. The van der Waals surface area contributed by atoms with Crippen molar-refractivity contribution in [3.05, 3.63) is 41.3 Å². The normalized spacial score (nSPS) is 11.6. The standard InChI is InChI=1S/C11H8F3N3O2/c1-6-2-3-7(10(18)19)9(15-6)17-5-4-8(16-17)11(12,13)14/h2-5H,1H3,(H,18,19). The van der Waals surface area contributed by atoms with E-state index in [0.717, 1.165) is 16.9 Å². The van der Waals surface area contributed by atoms with Gasteiger partial charge in [-0.05, 0) is 25.1 Å². The number of carbonyl (C=O) groups is 1. The van der Waals surface area contributed by atoms with Crippen LogP contribution in [-0.2, 0) is 6.18 Å². The van der Waals surface area contributed by atoms with Crippen LogP contribution in [0.15, 0.2) is 24.4 Å². The predicted octanol–water partition coefficient (Wildman–Crippen LogP) is 2.29. The van der Waals surface area contributed by atoms with Crippen LogP contribution < -0.4 is 0 Å². The minimum absolute atomic E-state index is 0.150. The number of carboxylic acids is 1. The summed E-state index contributed by atoms with van der Waals surface area (Å²) in [7, 11) is 0. The van der Waals surface area contributed by atoms with Gasteiger partial charge < -0.3 is 5.11 Å². The lowest BCUT2D eigenvalue weighted by atomic mass is 10.2. The van der Waals surface area contributed by atoms with E-state index in [1.54, 1.807) is 6.92 Å². The van der Waals surface area contributed by atoms with Gasteiger partial charge in [-0.3, -0.25) is 0 Å². The summed E-state index contributed by atoms with van der Waals surface area (Å²) >= 11 is 0. The van der Waals surface area contributed by atoms with E-state index in [-0.39, 0.29) is 11.4 Å². The van der Waals surface area contributed by atoms with Crippen LogP contribution in [0.1, 0.15) is 21.7 Å². The van der Waals surface area contributed by atoms with Crippen molar-refractivity contribution in [2.75, 3.05) is 0 Å². The maximum Gasteiger partial charge on any atom is 0.435 e. The number of alkyl halides is 3. The highest BCUT2D eigenvalue weighted by atomic mass is 19.4. The summed E-state index contributed by atoms with van der Waals surface area (Å²) in [5.41, 5.74) is -0.848. The second-order valence-electron chi connectivity index (χ2n) is 3.77. The summed E-state index contributed by atoms with van der Waals surface area (Å²) in [5.74, 6) is -1.44. The zero-order valence-electron chi connectivity index (χ0n) is 9.64. The van der Waals surface area contributed by atoms with E-state index in [0.29, 0.717) is 5.69 Å². The van der Waals surface area contributed by atoms with Gasteiger partial charge >= 0.3 is 12.1 Å². The highest BCUT2D eigenvalue weighted by Crippen LogP contribution is 2.28. The lowest BCUT2D eigenvalue weighted by molar-refractivity contribution is -0.141. The number of aromatic nitrogens is 3. The molecule has 0 atom stereocenters. The molecule has 2 aromatic heterocycles. The summed E-state index contributed by atoms with van der Waals surface area (Å²) in [6.45, 7) is 1.60. The number of hydrogen-bond acceptors (Lipinski definition) is 3. The van der Waals surface area contributed by atoms with E-state index >= 15 is 0 Å². The van der Waals surface area contributed by atoms with Crippen molar-refractivity contribution in [2.24, 2.45) is 0 Å². The minimum atomic E-state index is -4.58. The Morgan fingerprint density at radius 3 is 2.53 bits per heavy atom. The number of aryl methyl sites for hydroxylation is 1. The smallest absolute Gasteiger partial charge is 0.435 e. The van der Waals surface area contributed by atoms with Crippen LogP contribution in [0.4, 0.5) is 13.2 Å². The maximum absolute atomic E-state index is 12.4. The molecule has 0 saturated carbocycles. The fraction of sp³-hybridized carbons (Fsp3) is 0.182. The van der Waals surface area contributed by atoms with Gasteiger partial charge in [0.25, 0.3) is 0 Å². The molecule has 19 heavy (non-hydrogen) atoms. The largest absolute Gasteiger partial charge is 0.478 e. The molecule has 1 N–H and O–H groups in total. The van der Waals surface area contributed by atoms with Crippen LogP contribution in [0.5, 0.6) is 0 Å². The van der Waals surface area contributed by atoms with E-state index in [4.69, 9.17) is 5.11 Å². The van der Waals surface area contributed by atoms with Crippen LogP contribution in [0.2, 0.25) is 0 Å². The number of halogens is 3. The molecule has 0 bridgehead atoms. The molecule has 2 rings (SSSR count). The lowest BCUT2D eigenvalue weighted by Crippen LogP contribution is -2.11. The van der Waals surface area contributed by atoms with Crippen molar-refractivity contribution in [3.8, 4) is 5.82 Å². The van der Waals surface area contributed by atoms with Crippen LogP contribution in [0.3, 0.4) is 0 Å². The minimum Gasteiger partial charge on any atom is -0.478 e. The molecule has 0 radical (unpaired) electrons. The van der Waals surface area contributed by atoms with Gasteiger partial charge in [-0.2, -0.15) is 18.3 Å². The summed E-state index contributed by atoms with van der Waals surface area (Å²) in [6.07, 6.45) is -3.56. The topological polar surface area (TPSA) is 68.0 Å². The van der Waals surface area contributed by atoms with Gasteiger partial charge in [-0.1, -0.05) is 0 Å². The fourth-order valence-corrected chi connectivity index (χ4v) is 1.48. The van der Waals surface area contributed by atoms with Gasteiger partial charge in [-0.15, -0.1) is 0 Å². The zero-order chi connectivity index (χ0) is 14.2. The Kier molecular flexibility index (Phi) is 3.01. The van der Waals surface area contributed by atoms with Gasteiger partial charge in [0, 0.05) is 11.9 Å². The second kappa shape index (κ2) is 4.38. The Morgan fingerprint density at radius 2 is 2.00 bits per heavy atom. The first-order chi connectivity index (χ1) is 8.79. The SMILES string of the molecule is Cc1ccc(C(=O)O)c(-n2ccc(C(F)(F)F)n2)n1. The predicted molar refractivity (Wildman–Crippen MR) is 58.1 cm³/mol. The number of aromatic carboxylic acids is 1. The Morgan fingerprint density at radius 1 is 1.32 bits per heavy atom. The van der Waals surface area contributed by atoms with E-state index < -0.39 is 17.8 Å². The van der Waals surface area contributed by atoms with E-state index in [9.17, 15) is 18.0 Å². The van der Waals surface area contributed by atoms with Gasteiger partial charge in [0.1, 0.15) is 5.56 Å². The van der Waals surface area contributed by atoms with Crippen molar-refractivity contribution < 1.29 is 23.1 Å². The summed E-state index contributed by atoms with van der Waals surface area (Å²) in [6, 6.07) is 3.49. The van der Waals surface area contributed by atoms with Crippen molar-refractivity contribution in [1.29, 1.82) is 0 Å². The first-order valence-corrected chi connectivity index (χ1v) is 5.13. The highest BCUT2D eigenvalue weighted by molar-refractivity contribution is 5.91. The molecule has 2 heterocycles. The molecule has 2 aromatic rings. The molecule has 0 aromatic carbocycles. The molecule has 100 valence electrons. The Hall–Kier alpha value is -2.38. The van der Waals surface area contributed by atoms with Gasteiger partial charge in [0.05, 0.1) is 0 Å². The molecular formula is C11H8F3N3O2. The Labute approximate surface area is 105 Å². The van der Waals surface area contributed by atoms with E-state index in [2.05, 4.69) is 10.1 Å². The van der Waals surface area contributed by atoms with Crippen molar-refractivity contribution >= 4 is 5.97 Å². The summed E-state index contributed by atoms with van der Waals surface area (Å²) in [5, 5.41) is 12.3. The second-order valence-corrected chi connectivity index (χ2v) is 3.77. The molecule has 0 aliphatic heterocycles. The average molecular weight is 271 g/mol. The molecule has 0 spiro atoms. The number of rotatable bonds is 2. The fourth-order valence-electron chi connectivity index (χ4n) is 1.48. The summed E-state index contributed by atoms with van der Waals surface area (Å²) < 4.78 is 38.1. The first-order valence-electron chi connectivity index (χ1n) is 5.13. The van der Waals surface area contributed by atoms with Crippen molar-refractivity contribution in [2.45, 2.75) is 13.1 Å². The molecule has 0 fully saturated rings. The molecule has 0 aliphatic carbocycles. The van der Waals surface area contributed by atoms with Gasteiger partial charge in [0.2, 0.25) is 0 Å². The quantitative estimate of drug-likeness (QED) is 0.909. The maximum atomic E-state index is 12.4. The molecule has 0 unspecified atom stereocenters. The molecule has 0 saturated heterocycles. The molecule has 0 amide bonds. The van der Waals surface area contributed by atoms with Gasteiger partial charge in [-0.25, -0.2) is 14.5 Å². The highest BCUT2D eigenvalue weighted by Gasteiger charge is 2.34. The van der Waals surface area contributed by atoms with Crippen LogP contribution in [-0.4, -0.2) is 25.8 Å². The average Bonchev–Trinajstić information content (AvgIpc) is 2.77.